The summed E-state index contributed by atoms with van der Waals surface area (Å²) in [5, 5.41) is 3.43. The maximum atomic E-state index is 13.3. The van der Waals surface area contributed by atoms with Crippen LogP contribution in [0.4, 0.5) is 8.78 Å². The number of hydrogen-bond acceptors (Lipinski definition) is 2. The topological polar surface area (TPSA) is 24.9 Å². The highest BCUT2D eigenvalue weighted by Crippen LogP contribution is 2.12. The quantitative estimate of drug-likeness (QED) is 0.844. The molecule has 1 atom stereocenters. The van der Waals surface area contributed by atoms with Gasteiger partial charge in [0.05, 0.1) is 0 Å². The van der Waals surface area contributed by atoms with Gasteiger partial charge in [0.1, 0.15) is 11.6 Å². The van der Waals surface area contributed by atoms with Crippen molar-refractivity contribution >= 4 is 0 Å². The lowest BCUT2D eigenvalue weighted by Crippen LogP contribution is -2.33. The normalized spacial score (nSPS) is 12.3. The van der Waals surface area contributed by atoms with Gasteiger partial charge in [-0.15, -0.1) is 0 Å². The predicted molar refractivity (Wildman–Crippen MR) is 80.1 cm³/mol. The van der Waals surface area contributed by atoms with Gasteiger partial charge in [0.2, 0.25) is 0 Å². The van der Waals surface area contributed by atoms with Crippen molar-refractivity contribution in [2.24, 2.45) is 0 Å². The van der Waals surface area contributed by atoms with Crippen LogP contribution < -0.4 is 5.32 Å². The second-order valence-corrected chi connectivity index (χ2v) is 5.20. The van der Waals surface area contributed by atoms with Crippen molar-refractivity contribution in [2.75, 3.05) is 6.54 Å². The summed E-state index contributed by atoms with van der Waals surface area (Å²) in [5.74, 6) is -1.05. The van der Waals surface area contributed by atoms with Gasteiger partial charge in [0, 0.05) is 24.5 Å². The maximum absolute atomic E-state index is 13.3. The first-order valence-electron chi connectivity index (χ1n) is 7.24. The van der Waals surface area contributed by atoms with Crippen LogP contribution in [-0.4, -0.2) is 17.6 Å². The molecule has 0 spiro atoms. The van der Waals surface area contributed by atoms with Crippen molar-refractivity contribution in [3.8, 4) is 0 Å². The molecule has 0 radical (unpaired) electrons. The van der Waals surface area contributed by atoms with Crippen LogP contribution in [0.25, 0.3) is 0 Å². The van der Waals surface area contributed by atoms with E-state index in [-0.39, 0.29) is 6.04 Å². The van der Waals surface area contributed by atoms with E-state index in [4.69, 9.17) is 0 Å². The largest absolute Gasteiger partial charge is 0.313 e. The molecular weight excluding hydrogens is 270 g/mol. The summed E-state index contributed by atoms with van der Waals surface area (Å²) in [6.07, 6.45) is 5.95. The monoisotopic (exact) mass is 290 g/mol. The minimum Gasteiger partial charge on any atom is -0.313 e. The summed E-state index contributed by atoms with van der Waals surface area (Å²) in [6.45, 7) is 2.97. The second kappa shape index (κ2) is 7.84. The molecule has 112 valence electrons. The van der Waals surface area contributed by atoms with Gasteiger partial charge in [-0.3, -0.25) is 4.98 Å². The van der Waals surface area contributed by atoms with Crippen LogP contribution in [0.3, 0.4) is 0 Å². The Morgan fingerprint density at radius 1 is 1.10 bits per heavy atom. The van der Waals surface area contributed by atoms with E-state index in [1.54, 1.807) is 6.20 Å². The molecule has 2 aromatic rings. The van der Waals surface area contributed by atoms with E-state index in [1.165, 1.54) is 12.1 Å². The van der Waals surface area contributed by atoms with Crippen molar-refractivity contribution in [3.05, 3.63) is 65.5 Å². The van der Waals surface area contributed by atoms with Crippen molar-refractivity contribution < 1.29 is 8.78 Å². The summed E-state index contributed by atoms with van der Waals surface area (Å²) < 4.78 is 26.6. The minimum absolute atomic E-state index is 0.135. The van der Waals surface area contributed by atoms with Crippen molar-refractivity contribution in [1.29, 1.82) is 0 Å². The highest BCUT2D eigenvalue weighted by atomic mass is 19.1. The second-order valence-electron chi connectivity index (χ2n) is 5.20. The summed E-state index contributed by atoms with van der Waals surface area (Å²) in [4.78, 5) is 4.11. The number of hydrogen-bond donors (Lipinski definition) is 1. The third-order valence-corrected chi connectivity index (χ3v) is 3.29. The van der Waals surface area contributed by atoms with E-state index in [0.29, 0.717) is 12.0 Å². The van der Waals surface area contributed by atoms with Crippen molar-refractivity contribution in [2.45, 2.75) is 32.2 Å². The van der Waals surface area contributed by atoms with Gasteiger partial charge in [-0.05, 0) is 55.1 Å². The number of nitrogens with zero attached hydrogens (tertiary/aromatic N) is 1. The lowest BCUT2D eigenvalue weighted by atomic mass is 9.99. The zero-order valence-corrected chi connectivity index (χ0v) is 12.2. The molecule has 2 nitrogen and oxygen atoms in total. The first-order chi connectivity index (χ1) is 10.2. The molecule has 4 heteroatoms. The Morgan fingerprint density at radius 3 is 2.43 bits per heavy atom. The van der Waals surface area contributed by atoms with Gasteiger partial charge < -0.3 is 5.32 Å². The molecule has 0 aliphatic rings. The fourth-order valence-electron chi connectivity index (χ4n) is 2.38. The summed E-state index contributed by atoms with van der Waals surface area (Å²) in [5.41, 5.74) is 1.79. The third kappa shape index (κ3) is 5.23. The number of rotatable bonds is 7. The number of nitrogens with one attached hydrogen (secondary N) is 1. The lowest BCUT2D eigenvalue weighted by Gasteiger charge is -2.19. The van der Waals surface area contributed by atoms with Gasteiger partial charge >= 0.3 is 0 Å². The number of benzene rings is 1. The number of aromatic nitrogens is 1. The average Bonchev–Trinajstić information content (AvgIpc) is 2.45. The van der Waals surface area contributed by atoms with Gasteiger partial charge in [-0.25, -0.2) is 8.78 Å². The van der Waals surface area contributed by atoms with Crippen LogP contribution in [0.15, 0.2) is 42.7 Å². The third-order valence-electron chi connectivity index (χ3n) is 3.29. The molecule has 1 heterocycles. The molecule has 1 aromatic heterocycles. The highest BCUT2D eigenvalue weighted by Gasteiger charge is 2.11. The molecule has 0 aliphatic heterocycles. The molecule has 0 amide bonds. The van der Waals surface area contributed by atoms with Crippen LogP contribution in [0.5, 0.6) is 0 Å². The number of halogens is 2. The summed E-state index contributed by atoms with van der Waals surface area (Å²) in [6, 6.07) is 7.74. The molecule has 1 unspecified atom stereocenters. The molecule has 1 N–H and O–H groups in total. The smallest absolute Gasteiger partial charge is 0.126 e. The van der Waals surface area contributed by atoms with Crippen LogP contribution in [0, 0.1) is 11.6 Å². The Bertz CT molecular complexity index is 538. The minimum atomic E-state index is -0.527. The molecule has 21 heavy (non-hydrogen) atoms. The Hall–Kier alpha value is -1.81. The predicted octanol–water partition coefficient (Wildman–Crippen LogP) is 3.51. The first kappa shape index (κ1) is 15.6. The molecule has 0 bridgehead atoms. The van der Waals surface area contributed by atoms with E-state index in [0.717, 1.165) is 31.0 Å². The summed E-state index contributed by atoms with van der Waals surface area (Å²) >= 11 is 0. The number of pyridine rings is 1. The molecular formula is C17H20F2N2. The van der Waals surface area contributed by atoms with Gasteiger partial charge in [-0.2, -0.15) is 0 Å². The standard InChI is InChI=1S/C17H20F2N2/c1-2-5-21-17(9-13-4-3-6-20-12-13)10-14-7-15(18)11-16(19)8-14/h3-4,6-8,11-12,17,21H,2,5,9-10H2,1H3. The van der Waals surface area contributed by atoms with E-state index in [2.05, 4.69) is 17.2 Å². The fourth-order valence-corrected chi connectivity index (χ4v) is 2.38. The molecule has 0 aliphatic carbocycles. The molecule has 1 aromatic carbocycles. The Balaban J connectivity index is 2.08. The molecule has 0 saturated carbocycles. The van der Waals surface area contributed by atoms with Crippen LogP contribution >= 0.6 is 0 Å². The highest BCUT2D eigenvalue weighted by molar-refractivity contribution is 5.20. The Kier molecular flexibility index (Phi) is 5.81. The van der Waals surface area contributed by atoms with E-state index >= 15 is 0 Å². The van der Waals surface area contributed by atoms with Crippen LogP contribution in [-0.2, 0) is 12.8 Å². The van der Waals surface area contributed by atoms with Crippen LogP contribution in [0.2, 0.25) is 0 Å². The Morgan fingerprint density at radius 2 is 1.81 bits per heavy atom. The summed E-state index contributed by atoms with van der Waals surface area (Å²) in [7, 11) is 0. The van der Waals surface area contributed by atoms with E-state index < -0.39 is 11.6 Å². The van der Waals surface area contributed by atoms with Crippen molar-refractivity contribution in [1.82, 2.24) is 10.3 Å². The molecule has 2 rings (SSSR count). The SMILES string of the molecule is CCCNC(Cc1cccnc1)Cc1cc(F)cc(F)c1. The van der Waals surface area contributed by atoms with Gasteiger partial charge in [0.15, 0.2) is 0 Å². The lowest BCUT2D eigenvalue weighted by molar-refractivity contribution is 0.500. The van der Waals surface area contributed by atoms with E-state index in [1.807, 2.05) is 18.3 Å². The van der Waals surface area contributed by atoms with Gasteiger partial charge in [-0.1, -0.05) is 13.0 Å². The fraction of sp³-hybridized carbons (Fsp3) is 0.353. The van der Waals surface area contributed by atoms with Crippen molar-refractivity contribution in [3.63, 3.8) is 0 Å². The first-order valence-corrected chi connectivity index (χ1v) is 7.24. The Labute approximate surface area is 124 Å². The van der Waals surface area contributed by atoms with Gasteiger partial charge in [0.25, 0.3) is 0 Å². The maximum Gasteiger partial charge on any atom is 0.126 e. The average molecular weight is 290 g/mol. The zero-order chi connectivity index (χ0) is 15.1. The molecule has 0 fully saturated rings. The molecule has 0 saturated heterocycles. The van der Waals surface area contributed by atoms with E-state index in [9.17, 15) is 8.78 Å². The zero-order valence-electron chi connectivity index (χ0n) is 12.2. The van der Waals surface area contributed by atoms with Crippen LogP contribution in [0.1, 0.15) is 24.5 Å².